The molecule has 2 aromatic heterocycles. The number of anilines is 1. The van der Waals surface area contributed by atoms with Gasteiger partial charge in [0.2, 0.25) is 5.91 Å². The van der Waals surface area contributed by atoms with Gasteiger partial charge in [-0.05, 0) is 38.1 Å². The lowest BCUT2D eigenvalue weighted by molar-refractivity contribution is -0.153. The van der Waals surface area contributed by atoms with Crippen LogP contribution in [-0.2, 0) is 17.4 Å². The van der Waals surface area contributed by atoms with Crippen molar-refractivity contribution in [2.24, 2.45) is 0 Å². The second-order valence-electron chi connectivity index (χ2n) is 6.56. The lowest BCUT2D eigenvalue weighted by Gasteiger charge is -2.12. The van der Waals surface area contributed by atoms with Gasteiger partial charge in [-0.2, -0.15) is 31.3 Å². The molecule has 0 saturated heterocycles. The van der Waals surface area contributed by atoms with Crippen LogP contribution in [0.5, 0.6) is 5.75 Å². The molecule has 0 bridgehead atoms. The van der Waals surface area contributed by atoms with Crippen molar-refractivity contribution < 1.29 is 35.9 Å². The Labute approximate surface area is 171 Å². The highest BCUT2D eigenvalue weighted by Crippen LogP contribution is 2.27. The summed E-state index contributed by atoms with van der Waals surface area (Å²) in [6.45, 7) is 1.58. The van der Waals surface area contributed by atoms with Crippen LogP contribution >= 0.6 is 0 Å². The number of nitrogens with zero attached hydrogens (tertiary/aromatic N) is 4. The lowest BCUT2D eigenvalue weighted by Crippen LogP contribution is -2.19. The van der Waals surface area contributed by atoms with Crippen LogP contribution < -0.4 is 10.1 Å². The molecule has 0 unspecified atom stereocenters. The van der Waals surface area contributed by atoms with E-state index >= 15 is 0 Å². The van der Waals surface area contributed by atoms with Crippen LogP contribution in [0, 0.1) is 13.8 Å². The largest absolute Gasteiger partial charge is 0.484 e. The first-order valence-corrected chi connectivity index (χ1v) is 8.73. The number of carbonyl (C=O) groups is 1. The molecule has 0 radical (unpaired) electrons. The van der Waals surface area contributed by atoms with Gasteiger partial charge >= 0.3 is 12.4 Å². The molecule has 0 saturated carbocycles. The van der Waals surface area contributed by atoms with E-state index in [0.29, 0.717) is 16.9 Å². The summed E-state index contributed by atoms with van der Waals surface area (Å²) in [4.78, 5) is 19.7. The van der Waals surface area contributed by atoms with Gasteiger partial charge in [0.05, 0.1) is 6.42 Å². The average Bonchev–Trinajstić information content (AvgIpc) is 3.08. The highest BCUT2D eigenvalue weighted by atomic mass is 19.4. The lowest BCUT2D eigenvalue weighted by atomic mass is 10.1. The summed E-state index contributed by atoms with van der Waals surface area (Å²) < 4.78 is 80.6. The maximum atomic E-state index is 12.9. The number of amides is 1. The van der Waals surface area contributed by atoms with Gasteiger partial charge in [0.15, 0.2) is 6.61 Å². The third-order valence-corrected chi connectivity index (χ3v) is 4.18. The van der Waals surface area contributed by atoms with E-state index in [1.807, 2.05) is 0 Å². The predicted octanol–water partition coefficient (Wildman–Crippen LogP) is 3.88. The van der Waals surface area contributed by atoms with Crippen LogP contribution in [0.4, 0.5) is 32.0 Å². The molecule has 0 atom stereocenters. The van der Waals surface area contributed by atoms with Crippen molar-refractivity contribution in [1.82, 2.24) is 19.6 Å². The number of ether oxygens (including phenoxy) is 1. The maximum absolute atomic E-state index is 12.9. The van der Waals surface area contributed by atoms with Crippen molar-refractivity contribution in [3.63, 3.8) is 0 Å². The first-order chi connectivity index (χ1) is 14.3. The quantitative estimate of drug-likeness (QED) is 0.601. The molecule has 31 heavy (non-hydrogen) atoms. The number of rotatable bonds is 5. The highest BCUT2D eigenvalue weighted by molar-refractivity contribution is 5.92. The normalized spacial score (nSPS) is 12.3. The summed E-state index contributed by atoms with van der Waals surface area (Å²) >= 11 is 0. The van der Waals surface area contributed by atoms with Crippen LogP contribution in [0.1, 0.15) is 22.8 Å². The first kappa shape index (κ1) is 22.3. The highest BCUT2D eigenvalue weighted by Gasteiger charge is 2.37. The summed E-state index contributed by atoms with van der Waals surface area (Å²) in [5, 5.41) is 5.97. The first-order valence-electron chi connectivity index (χ1n) is 8.73. The molecule has 0 aliphatic rings. The van der Waals surface area contributed by atoms with Gasteiger partial charge in [0.1, 0.15) is 5.75 Å². The van der Waals surface area contributed by atoms with Gasteiger partial charge < -0.3 is 10.1 Å². The van der Waals surface area contributed by atoms with E-state index < -0.39 is 30.7 Å². The van der Waals surface area contributed by atoms with Crippen molar-refractivity contribution in [1.29, 1.82) is 0 Å². The zero-order valence-corrected chi connectivity index (χ0v) is 16.1. The Bertz CT molecular complexity index is 1110. The van der Waals surface area contributed by atoms with Gasteiger partial charge in [-0.3, -0.25) is 4.79 Å². The molecule has 7 nitrogen and oxygen atoms in total. The monoisotopic (exact) mass is 447 g/mol. The average molecular weight is 447 g/mol. The Morgan fingerprint density at radius 3 is 2.29 bits per heavy atom. The zero-order chi connectivity index (χ0) is 23.0. The summed E-state index contributed by atoms with van der Waals surface area (Å²) in [6, 6.07) is 5.24. The number of hydrogen-bond acceptors (Lipinski definition) is 5. The van der Waals surface area contributed by atoms with E-state index in [2.05, 4.69) is 25.1 Å². The Kier molecular flexibility index (Phi) is 5.79. The Balaban J connectivity index is 1.73. The van der Waals surface area contributed by atoms with Gasteiger partial charge in [0.25, 0.3) is 11.6 Å². The molecular weight excluding hydrogens is 432 g/mol. The summed E-state index contributed by atoms with van der Waals surface area (Å²) in [5.74, 6) is -2.10. The van der Waals surface area contributed by atoms with Gasteiger partial charge in [-0.15, -0.1) is 5.10 Å². The Hall–Kier alpha value is -3.38. The number of nitrogens with one attached hydrogen (secondary N) is 1. The van der Waals surface area contributed by atoms with Crippen LogP contribution in [0.25, 0.3) is 5.78 Å². The van der Waals surface area contributed by atoms with E-state index in [9.17, 15) is 31.1 Å². The van der Waals surface area contributed by atoms with Crippen LogP contribution in [0.3, 0.4) is 0 Å². The van der Waals surface area contributed by atoms with Gasteiger partial charge in [-0.25, -0.2) is 9.50 Å². The fourth-order valence-electron chi connectivity index (χ4n) is 2.75. The number of fused-ring (bicyclic) bond motifs is 1. The third kappa shape index (κ3) is 5.41. The minimum absolute atomic E-state index is 0.0247. The van der Waals surface area contributed by atoms with E-state index in [4.69, 9.17) is 0 Å². The molecule has 1 amide bonds. The smallest absolute Gasteiger partial charge is 0.453 e. The van der Waals surface area contributed by atoms with E-state index in [-0.39, 0.29) is 23.6 Å². The number of hydrogen-bond donors (Lipinski definition) is 1. The van der Waals surface area contributed by atoms with Crippen LogP contribution in [-0.4, -0.2) is 38.3 Å². The van der Waals surface area contributed by atoms with Gasteiger partial charge in [0, 0.05) is 22.6 Å². The summed E-state index contributed by atoms with van der Waals surface area (Å²) in [5.41, 5.74) is 1.26. The fourth-order valence-corrected chi connectivity index (χ4v) is 2.75. The molecule has 2 heterocycles. The molecular formula is C18H15F6N5O2. The Morgan fingerprint density at radius 1 is 1.06 bits per heavy atom. The Morgan fingerprint density at radius 2 is 1.71 bits per heavy atom. The molecule has 1 aromatic carbocycles. The number of halogens is 6. The van der Waals surface area contributed by atoms with Crippen LogP contribution in [0.15, 0.2) is 24.3 Å². The predicted molar refractivity (Wildman–Crippen MR) is 95.6 cm³/mol. The minimum atomic E-state index is -4.73. The number of benzene rings is 1. The van der Waals surface area contributed by atoms with Crippen LogP contribution in [0.2, 0.25) is 0 Å². The standard InChI is InChI=1S/C18H15F6N5O2/c1-9-13(10(2)29-16(25-9)27-15(28-29)18(22,23)24)7-14(30)26-11-3-5-12(6-4-11)31-8-17(19,20)21/h3-6H,7-8H2,1-2H3,(H,26,30). The molecule has 0 aliphatic carbocycles. The van der Waals surface area contributed by atoms with Crippen molar-refractivity contribution in [2.45, 2.75) is 32.6 Å². The zero-order valence-electron chi connectivity index (χ0n) is 16.1. The molecule has 0 fully saturated rings. The number of alkyl halides is 6. The molecule has 0 aliphatic heterocycles. The van der Waals surface area contributed by atoms with Crippen molar-refractivity contribution in [3.05, 3.63) is 47.0 Å². The summed E-state index contributed by atoms with van der Waals surface area (Å²) in [6.07, 6.45) is -9.42. The van der Waals surface area contributed by atoms with E-state index in [0.717, 1.165) is 4.52 Å². The second kappa shape index (κ2) is 8.04. The number of aryl methyl sites for hydroxylation is 2. The SMILES string of the molecule is Cc1nc2nc(C(F)(F)F)nn2c(C)c1CC(=O)Nc1ccc(OCC(F)(F)F)cc1. The second-order valence-corrected chi connectivity index (χ2v) is 6.56. The maximum Gasteiger partial charge on any atom is 0.453 e. The van der Waals surface area contributed by atoms with E-state index in [1.54, 1.807) is 0 Å². The molecule has 13 heteroatoms. The molecule has 3 aromatic rings. The molecule has 0 spiro atoms. The third-order valence-electron chi connectivity index (χ3n) is 4.18. The van der Waals surface area contributed by atoms with Crippen molar-refractivity contribution >= 4 is 17.4 Å². The topological polar surface area (TPSA) is 81.4 Å². The van der Waals surface area contributed by atoms with Gasteiger partial charge in [-0.1, -0.05) is 0 Å². The number of aromatic nitrogens is 4. The molecule has 166 valence electrons. The fraction of sp³-hybridized carbons (Fsp3) is 0.333. The molecule has 3 rings (SSSR count). The number of carbonyl (C=O) groups excluding carboxylic acids is 1. The van der Waals surface area contributed by atoms with Crippen molar-refractivity contribution in [3.8, 4) is 5.75 Å². The van der Waals surface area contributed by atoms with Crippen molar-refractivity contribution in [2.75, 3.05) is 11.9 Å². The minimum Gasteiger partial charge on any atom is -0.484 e. The summed E-state index contributed by atoms with van der Waals surface area (Å²) in [7, 11) is 0. The van der Waals surface area contributed by atoms with E-state index in [1.165, 1.54) is 38.1 Å². The molecule has 1 N–H and O–H groups in total.